The van der Waals surface area contributed by atoms with Crippen molar-refractivity contribution in [2.75, 3.05) is 25.1 Å². The van der Waals surface area contributed by atoms with Crippen LogP contribution in [-0.4, -0.2) is 19.8 Å². The minimum absolute atomic E-state index is 0.698. The van der Waals surface area contributed by atoms with Gasteiger partial charge in [-0.1, -0.05) is 31.2 Å². The molecule has 0 amide bonds. The Balaban J connectivity index is 1.61. The summed E-state index contributed by atoms with van der Waals surface area (Å²) < 4.78 is 5.80. The van der Waals surface area contributed by atoms with Crippen molar-refractivity contribution in [1.82, 2.24) is 0 Å². The van der Waals surface area contributed by atoms with Crippen molar-refractivity contribution >= 4 is 5.69 Å². The minimum atomic E-state index is 0.698. The third-order valence-corrected chi connectivity index (χ3v) is 3.84. The highest BCUT2D eigenvalue weighted by atomic mass is 16.5. The van der Waals surface area contributed by atoms with E-state index in [9.17, 15) is 0 Å². The Morgan fingerprint density at radius 1 is 1.26 bits per heavy atom. The lowest BCUT2D eigenvalue weighted by atomic mass is 9.85. The van der Waals surface area contributed by atoms with Gasteiger partial charge in [0, 0.05) is 12.2 Å². The van der Waals surface area contributed by atoms with Gasteiger partial charge in [0.05, 0.1) is 13.2 Å². The van der Waals surface area contributed by atoms with Crippen LogP contribution in [0.2, 0.25) is 0 Å². The highest BCUT2D eigenvalue weighted by Gasteiger charge is 2.17. The molecule has 104 valence electrons. The second-order valence-electron chi connectivity index (χ2n) is 5.55. The molecule has 2 unspecified atom stereocenters. The van der Waals surface area contributed by atoms with Gasteiger partial charge >= 0.3 is 0 Å². The molecule has 2 rings (SSSR count). The molecule has 0 saturated carbocycles. The van der Waals surface area contributed by atoms with Crippen molar-refractivity contribution in [2.45, 2.75) is 26.7 Å². The van der Waals surface area contributed by atoms with E-state index in [0.717, 1.165) is 25.7 Å². The maximum Gasteiger partial charge on any atom is 0.0639 e. The smallest absolute Gasteiger partial charge is 0.0639 e. The number of anilines is 1. The Labute approximate surface area is 116 Å². The zero-order chi connectivity index (χ0) is 13.5. The highest BCUT2D eigenvalue weighted by Crippen LogP contribution is 2.24. The number of allylic oxidation sites excluding steroid dienone is 2. The van der Waals surface area contributed by atoms with Crippen molar-refractivity contribution in [3.8, 4) is 0 Å². The summed E-state index contributed by atoms with van der Waals surface area (Å²) in [7, 11) is 0. The van der Waals surface area contributed by atoms with Gasteiger partial charge in [-0.15, -0.1) is 0 Å². The number of rotatable bonds is 6. The molecule has 2 nitrogen and oxygen atoms in total. The average Bonchev–Trinajstić information content (AvgIpc) is 2.40. The van der Waals surface area contributed by atoms with E-state index in [1.54, 1.807) is 0 Å². The van der Waals surface area contributed by atoms with Crippen molar-refractivity contribution in [1.29, 1.82) is 0 Å². The molecule has 0 aliphatic heterocycles. The van der Waals surface area contributed by atoms with Gasteiger partial charge in [-0.25, -0.2) is 0 Å². The fourth-order valence-electron chi connectivity index (χ4n) is 2.50. The average molecular weight is 259 g/mol. The van der Waals surface area contributed by atoms with Crippen LogP contribution in [0, 0.1) is 18.8 Å². The summed E-state index contributed by atoms with van der Waals surface area (Å²) in [5, 5.41) is 3.40. The zero-order valence-electron chi connectivity index (χ0n) is 12.1. The summed E-state index contributed by atoms with van der Waals surface area (Å²) in [6, 6.07) is 8.45. The molecule has 1 aromatic rings. The van der Waals surface area contributed by atoms with E-state index in [-0.39, 0.29) is 0 Å². The molecule has 1 aliphatic rings. The van der Waals surface area contributed by atoms with E-state index >= 15 is 0 Å². The molecule has 1 aliphatic carbocycles. The zero-order valence-corrected chi connectivity index (χ0v) is 12.1. The number of benzene rings is 1. The van der Waals surface area contributed by atoms with Crippen LogP contribution >= 0.6 is 0 Å². The largest absolute Gasteiger partial charge is 0.383 e. The Hall–Kier alpha value is -1.28. The van der Waals surface area contributed by atoms with Crippen LogP contribution in [0.4, 0.5) is 5.69 Å². The molecule has 0 bridgehead atoms. The molecule has 0 aromatic heterocycles. The van der Waals surface area contributed by atoms with Gasteiger partial charge in [0.25, 0.3) is 0 Å². The Morgan fingerprint density at radius 2 is 2.11 bits per heavy atom. The van der Waals surface area contributed by atoms with E-state index < -0.39 is 0 Å². The van der Waals surface area contributed by atoms with Crippen molar-refractivity contribution in [3.63, 3.8) is 0 Å². The van der Waals surface area contributed by atoms with Gasteiger partial charge in [-0.3, -0.25) is 0 Å². The molecular weight excluding hydrogens is 234 g/mol. The van der Waals surface area contributed by atoms with Crippen LogP contribution in [-0.2, 0) is 4.74 Å². The molecule has 19 heavy (non-hydrogen) atoms. The quantitative estimate of drug-likeness (QED) is 0.615. The van der Waals surface area contributed by atoms with Crippen LogP contribution in [0.25, 0.3) is 0 Å². The maximum absolute atomic E-state index is 5.80. The first-order valence-corrected chi connectivity index (χ1v) is 7.29. The summed E-state index contributed by atoms with van der Waals surface area (Å²) in [5.41, 5.74) is 2.46. The normalized spacial score (nSPS) is 22.4. The number of aryl methyl sites for hydroxylation is 1. The van der Waals surface area contributed by atoms with Gasteiger partial charge < -0.3 is 10.1 Å². The van der Waals surface area contributed by atoms with E-state index in [0.29, 0.717) is 5.92 Å². The first kappa shape index (κ1) is 14.1. The van der Waals surface area contributed by atoms with Gasteiger partial charge in [-0.05, 0) is 49.3 Å². The Kier molecular flexibility index (Phi) is 5.46. The summed E-state index contributed by atoms with van der Waals surface area (Å²) in [5.74, 6) is 1.46. The molecule has 0 radical (unpaired) electrons. The summed E-state index contributed by atoms with van der Waals surface area (Å²) in [6.07, 6.45) is 6.96. The second kappa shape index (κ2) is 7.34. The molecule has 0 saturated heterocycles. The highest BCUT2D eigenvalue weighted by molar-refractivity contribution is 5.45. The minimum Gasteiger partial charge on any atom is -0.383 e. The van der Waals surface area contributed by atoms with E-state index in [1.807, 2.05) is 0 Å². The fourth-order valence-corrected chi connectivity index (χ4v) is 2.50. The SMILES string of the molecule is Cc1cccc(NCCOCC2CC=CCC2C)c1. The van der Waals surface area contributed by atoms with Crippen molar-refractivity contribution in [2.24, 2.45) is 11.8 Å². The topological polar surface area (TPSA) is 21.3 Å². The molecule has 0 heterocycles. The lowest BCUT2D eigenvalue weighted by Gasteiger charge is -2.24. The van der Waals surface area contributed by atoms with Crippen molar-refractivity contribution < 1.29 is 4.74 Å². The van der Waals surface area contributed by atoms with E-state index in [4.69, 9.17) is 4.74 Å². The molecule has 1 aromatic carbocycles. The van der Waals surface area contributed by atoms with Crippen LogP contribution in [0.15, 0.2) is 36.4 Å². The first-order valence-electron chi connectivity index (χ1n) is 7.29. The maximum atomic E-state index is 5.80. The van der Waals surface area contributed by atoms with Gasteiger partial charge in [0.15, 0.2) is 0 Å². The predicted molar refractivity (Wildman–Crippen MR) is 81.5 cm³/mol. The van der Waals surface area contributed by atoms with Crippen LogP contribution in [0.5, 0.6) is 0 Å². The van der Waals surface area contributed by atoms with Crippen LogP contribution < -0.4 is 5.32 Å². The fraction of sp³-hybridized carbons (Fsp3) is 0.529. The third kappa shape index (κ3) is 4.71. The van der Waals surface area contributed by atoms with Crippen LogP contribution in [0.1, 0.15) is 25.3 Å². The van der Waals surface area contributed by atoms with E-state index in [2.05, 4.69) is 55.6 Å². The predicted octanol–water partition coefficient (Wildman–Crippen LogP) is 4.03. The summed E-state index contributed by atoms with van der Waals surface area (Å²) in [6.45, 7) is 6.98. The van der Waals surface area contributed by atoms with Gasteiger partial charge in [-0.2, -0.15) is 0 Å². The molecule has 2 atom stereocenters. The monoisotopic (exact) mass is 259 g/mol. The van der Waals surface area contributed by atoms with Gasteiger partial charge in [0.2, 0.25) is 0 Å². The number of ether oxygens (including phenoxy) is 1. The Bertz CT molecular complexity index is 413. The summed E-state index contributed by atoms with van der Waals surface area (Å²) >= 11 is 0. The standard InChI is InChI=1S/C17H25NO/c1-14-6-5-9-17(12-14)18-10-11-19-13-16-8-4-3-7-15(16)2/h3-6,9,12,15-16,18H,7-8,10-11,13H2,1-2H3. The number of hydrogen-bond acceptors (Lipinski definition) is 2. The van der Waals surface area contributed by atoms with Gasteiger partial charge in [0.1, 0.15) is 0 Å². The lowest BCUT2D eigenvalue weighted by molar-refractivity contribution is 0.0860. The van der Waals surface area contributed by atoms with Crippen molar-refractivity contribution in [3.05, 3.63) is 42.0 Å². The summed E-state index contributed by atoms with van der Waals surface area (Å²) in [4.78, 5) is 0. The lowest BCUT2D eigenvalue weighted by Crippen LogP contribution is -2.21. The molecule has 0 spiro atoms. The van der Waals surface area contributed by atoms with Crippen LogP contribution in [0.3, 0.4) is 0 Å². The number of nitrogens with one attached hydrogen (secondary N) is 1. The molecule has 1 N–H and O–H groups in total. The second-order valence-corrected chi connectivity index (χ2v) is 5.55. The number of hydrogen-bond donors (Lipinski definition) is 1. The van der Waals surface area contributed by atoms with E-state index in [1.165, 1.54) is 24.1 Å². The Morgan fingerprint density at radius 3 is 2.89 bits per heavy atom. The molecule has 2 heteroatoms. The molecular formula is C17H25NO. The first-order chi connectivity index (χ1) is 9.25. The third-order valence-electron chi connectivity index (χ3n) is 3.84. The molecule has 0 fully saturated rings.